The Kier molecular flexibility index (Phi) is 6.54. The van der Waals surface area contributed by atoms with E-state index in [4.69, 9.17) is 21.1 Å². The molecule has 2 aromatic carbocycles. The summed E-state index contributed by atoms with van der Waals surface area (Å²) in [5.74, 6) is -1.04. The van der Waals surface area contributed by atoms with E-state index in [2.05, 4.69) is 21.2 Å². The Balaban J connectivity index is 1.85. The van der Waals surface area contributed by atoms with Gasteiger partial charge in [0.1, 0.15) is 0 Å². The number of dihydropyridines is 1. The maximum Gasteiger partial charge on any atom is 0.336 e. The Labute approximate surface area is 205 Å². The first kappa shape index (κ1) is 23.4. The van der Waals surface area contributed by atoms with Gasteiger partial charge in [0.25, 0.3) is 0 Å². The summed E-state index contributed by atoms with van der Waals surface area (Å²) in [4.78, 5) is 26.3. The Morgan fingerprint density at radius 1 is 1.15 bits per heavy atom. The molecule has 1 heterocycles. The van der Waals surface area contributed by atoms with Crippen molar-refractivity contribution < 1.29 is 24.2 Å². The Hall–Kier alpha value is -2.77. The van der Waals surface area contributed by atoms with Crippen LogP contribution in [0.2, 0.25) is 5.02 Å². The number of nitrogens with one attached hydrogen (secondary N) is 1. The van der Waals surface area contributed by atoms with Crippen LogP contribution in [0.25, 0.3) is 0 Å². The lowest BCUT2D eigenvalue weighted by molar-refractivity contribution is -0.136. The molecule has 172 valence electrons. The average molecular weight is 533 g/mol. The van der Waals surface area contributed by atoms with Crippen LogP contribution < -0.4 is 10.1 Å². The molecule has 33 heavy (non-hydrogen) atoms. The lowest BCUT2D eigenvalue weighted by atomic mass is 9.71. The number of phenols is 1. The van der Waals surface area contributed by atoms with E-state index >= 15 is 0 Å². The molecule has 8 heteroatoms. The van der Waals surface area contributed by atoms with E-state index in [0.29, 0.717) is 44.7 Å². The molecule has 4 rings (SSSR count). The summed E-state index contributed by atoms with van der Waals surface area (Å²) in [6.07, 6.45) is 0.921. The highest BCUT2D eigenvalue weighted by molar-refractivity contribution is 9.10. The molecular weight excluding hydrogens is 510 g/mol. The number of benzene rings is 2. The van der Waals surface area contributed by atoms with Crippen molar-refractivity contribution in [1.29, 1.82) is 0 Å². The van der Waals surface area contributed by atoms with Gasteiger partial charge in [0.05, 0.1) is 24.3 Å². The molecule has 0 aromatic heterocycles. The SMILES string of the molecule is COC(=O)C1=C(C)NC2=C(C(=O)C[C@H](c3ccc(Cl)cc3)C2)[C@@H]1c1cc(Br)c(O)c(OC)c1. The Bertz CT molecular complexity index is 1200. The largest absolute Gasteiger partial charge is 0.503 e. The van der Waals surface area contributed by atoms with Gasteiger partial charge >= 0.3 is 5.97 Å². The van der Waals surface area contributed by atoms with Gasteiger partial charge in [-0.25, -0.2) is 4.79 Å². The van der Waals surface area contributed by atoms with Crippen molar-refractivity contribution in [3.05, 3.63) is 79.6 Å². The number of esters is 1. The van der Waals surface area contributed by atoms with E-state index in [1.807, 2.05) is 24.3 Å². The summed E-state index contributed by atoms with van der Waals surface area (Å²) in [6.45, 7) is 1.80. The van der Waals surface area contributed by atoms with Gasteiger partial charge in [-0.15, -0.1) is 0 Å². The van der Waals surface area contributed by atoms with Gasteiger partial charge in [-0.1, -0.05) is 23.7 Å². The molecule has 0 amide bonds. The van der Waals surface area contributed by atoms with Crippen LogP contribution in [0.4, 0.5) is 0 Å². The lowest BCUT2D eigenvalue weighted by Crippen LogP contribution is -2.36. The molecule has 0 saturated heterocycles. The van der Waals surface area contributed by atoms with Gasteiger partial charge in [0.15, 0.2) is 17.3 Å². The van der Waals surface area contributed by atoms with E-state index in [-0.39, 0.29) is 23.2 Å². The van der Waals surface area contributed by atoms with Crippen LogP contribution in [0.5, 0.6) is 11.5 Å². The molecule has 1 aliphatic carbocycles. The molecule has 0 spiro atoms. The van der Waals surface area contributed by atoms with Crippen molar-refractivity contribution in [2.24, 2.45) is 0 Å². The first-order valence-electron chi connectivity index (χ1n) is 10.4. The van der Waals surface area contributed by atoms with Crippen LogP contribution in [0.1, 0.15) is 42.7 Å². The van der Waals surface area contributed by atoms with Crippen molar-refractivity contribution in [2.45, 2.75) is 31.6 Å². The second-order valence-electron chi connectivity index (χ2n) is 8.11. The molecule has 6 nitrogen and oxygen atoms in total. The molecule has 1 aliphatic heterocycles. The molecule has 0 fully saturated rings. The van der Waals surface area contributed by atoms with Crippen molar-refractivity contribution in [3.8, 4) is 11.5 Å². The highest BCUT2D eigenvalue weighted by Crippen LogP contribution is 2.48. The predicted molar refractivity (Wildman–Crippen MR) is 128 cm³/mol. The third kappa shape index (κ3) is 4.27. The maximum absolute atomic E-state index is 13.5. The summed E-state index contributed by atoms with van der Waals surface area (Å²) in [7, 11) is 2.76. The third-order valence-corrected chi connectivity index (χ3v) is 7.03. The quantitative estimate of drug-likeness (QED) is 0.516. The van der Waals surface area contributed by atoms with E-state index in [1.54, 1.807) is 19.1 Å². The zero-order valence-electron chi connectivity index (χ0n) is 18.4. The smallest absolute Gasteiger partial charge is 0.336 e. The summed E-state index contributed by atoms with van der Waals surface area (Å²) in [5.41, 5.74) is 3.97. The minimum Gasteiger partial charge on any atom is -0.503 e. The Morgan fingerprint density at radius 2 is 1.85 bits per heavy atom. The predicted octanol–water partition coefficient (Wildman–Crippen LogP) is 5.35. The second-order valence-corrected chi connectivity index (χ2v) is 9.40. The first-order chi connectivity index (χ1) is 15.7. The number of methoxy groups -OCH3 is 2. The van der Waals surface area contributed by atoms with Crippen LogP contribution in [0.3, 0.4) is 0 Å². The van der Waals surface area contributed by atoms with Gasteiger partial charge in [-0.3, -0.25) is 4.79 Å². The van der Waals surface area contributed by atoms with Gasteiger partial charge in [-0.2, -0.15) is 0 Å². The van der Waals surface area contributed by atoms with Crippen molar-refractivity contribution in [2.75, 3.05) is 14.2 Å². The summed E-state index contributed by atoms with van der Waals surface area (Å²) in [5, 5.41) is 14.2. The molecule has 2 atom stereocenters. The monoisotopic (exact) mass is 531 g/mol. The molecule has 2 aliphatic rings. The number of allylic oxidation sites excluding steroid dienone is 3. The number of hydrogen-bond donors (Lipinski definition) is 2. The van der Waals surface area contributed by atoms with Crippen LogP contribution in [-0.2, 0) is 14.3 Å². The van der Waals surface area contributed by atoms with Crippen LogP contribution in [0.15, 0.2) is 63.4 Å². The van der Waals surface area contributed by atoms with E-state index in [9.17, 15) is 14.7 Å². The topological polar surface area (TPSA) is 84.9 Å². The average Bonchev–Trinajstić information content (AvgIpc) is 2.79. The van der Waals surface area contributed by atoms with Gasteiger partial charge in [0.2, 0.25) is 0 Å². The summed E-state index contributed by atoms with van der Waals surface area (Å²) >= 11 is 9.39. The highest BCUT2D eigenvalue weighted by Gasteiger charge is 2.41. The first-order valence-corrected chi connectivity index (χ1v) is 11.6. The molecule has 2 N–H and O–H groups in total. The zero-order valence-corrected chi connectivity index (χ0v) is 20.7. The second kappa shape index (κ2) is 9.23. The lowest BCUT2D eigenvalue weighted by Gasteiger charge is -2.36. The standard InChI is InChI=1S/C25H23BrClNO5/c1-12-21(25(31)33-3)22(15-8-17(26)24(30)20(11-15)32-2)23-18(28-12)9-14(10-19(23)29)13-4-6-16(27)7-5-13/h4-8,11,14,22,28,30H,9-10H2,1-3H3/t14-,22-/m1/s1. The fraction of sp³-hybridized carbons (Fsp3) is 0.280. The van der Waals surface area contributed by atoms with Crippen LogP contribution >= 0.6 is 27.5 Å². The third-order valence-electron chi connectivity index (χ3n) is 6.18. The number of halogens is 2. The maximum atomic E-state index is 13.5. The van der Waals surface area contributed by atoms with Crippen molar-refractivity contribution in [1.82, 2.24) is 5.32 Å². The number of ether oxygens (including phenoxy) is 2. The van der Waals surface area contributed by atoms with E-state index < -0.39 is 11.9 Å². The Morgan fingerprint density at radius 3 is 2.48 bits per heavy atom. The van der Waals surface area contributed by atoms with Crippen LogP contribution in [-0.4, -0.2) is 31.1 Å². The molecule has 0 saturated carbocycles. The van der Waals surface area contributed by atoms with Gasteiger partial charge in [-0.05, 0) is 70.6 Å². The summed E-state index contributed by atoms with van der Waals surface area (Å²) in [6, 6.07) is 10.9. The van der Waals surface area contributed by atoms with Crippen molar-refractivity contribution in [3.63, 3.8) is 0 Å². The van der Waals surface area contributed by atoms with E-state index in [1.165, 1.54) is 14.2 Å². The van der Waals surface area contributed by atoms with E-state index in [0.717, 1.165) is 11.3 Å². The molecule has 2 aromatic rings. The zero-order chi connectivity index (χ0) is 23.9. The molecule has 0 unspecified atom stereocenters. The number of aromatic hydroxyl groups is 1. The number of Topliss-reactive ketones (excluding diaryl/α,β-unsaturated/α-hetero) is 1. The fourth-order valence-corrected chi connectivity index (χ4v) is 5.23. The minimum absolute atomic E-state index is 0.00441. The normalized spacial score (nSPS) is 20.3. The summed E-state index contributed by atoms with van der Waals surface area (Å²) < 4.78 is 10.8. The number of carbonyl (C=O) groups is 2. The number of ketones is 1. The number of hydrogen-bond acceptors (Lipinski definition) is 6. The fourth-order valence-electron chi connectivity index (χ4n) is 4.64. The van der Waals surface area contributed by atoms with Crippen LogP contribution in [0, 0.1) is 0 Å². The van der Waals surface area contributed by atoms with Gasteiger partial charge < -0.3 is 19.9 Å². The van der Waals surface area contributed by atoms with Crippen molar-refractivity contribution >= 4 is 39.3 Å². The minimum atomic E-state index is -0.654. The number of phenolic OH excluding ortho intramolecular Hbond substituents is 1. The molecule has 0 radical (unpaired) electrons. The highest BCUT2D eigenvalue weighted by atomic mass is 79.9. The molecular formula is C25H23BrClNO5. The molecule has 0 bridgehead atoms. The number of rotatable bonds is 4. The van der Waals surface area contributed by atoms with Gasteiger partial charge in [0, 0.05) is 34.3 Å². The number of carbonyl (C=O) groups excluding carboxylic acids is 2.